The molecular weight excluding hydrogens is 188 g/mol. The van der Waals surface area contributed by atoms with Crippen LogP contribution >= 0.6 is 0 Å². The maximum absolute atomic E-state index is 11.6. The molecule has 0 aliphatic carbocycles. The predicted octanol–water partition coefficient (Wildman–Crippen LogP) is 1.34. The molecular formula is C12H14N2O. The second-order valence-corrected chi connectivity index (χ2v) is 3.75. The third-order valence-electron chi connectivity index (χ3n) is 2.49. The first-order valence-electron chi connectivity index (χ1n) is 5.03. The SMILES string of the molecule is Cc1ccc2cc(CCN)c(=O)[nH]c2c1. The summed E-state index contributed by atoms with van der Waals surface area (Å²) in [4.78, 5) is 14.5. The maximum Gasteiger partial charge on any atom is 0.251 e. The van der Waals surface area contributed by atoms with Crippen LogP contribution in [-0.4, -0.2) is 11.5 Å². The molecule has 1 aromatic carbocycles. The van der Waals surface area contributed by atoms with Crippen LogP contribution in [0.25, 0.3) is 10.9 Å². The van der Waals surface area contributed by atoms with Gasteiger partial charge in [0.05, 0.1) is 0 Å². The van der Waals surface area contributed by atoms with Crippen LogP contribution in [0.1, 0.15) is 11.1 Å². The Morgan fingerprint density at radius 1 is 1.33 bits per heavy atom. The largest absolute Gasteiger partial charge is 0.330 e. The number of nitrogens with one attached hydrogen (secondary N) is 1. The molecule has 3 heteroatoms. The zero-order valence-electron chi connectivity index (χ0n) is 8.71. The van der Waals surface area contributed by atoms with Gasteiger partial charge in [-0.2, -0.15) is 0 Å². The Labute approximate surface area is 87.9 Å². The molecule has 0 bridgehead atoms. The molecule has 3 nitrogen and oxygen atoms in total. The van der Waals surface area contributed by atoms with Crippen molar-refractivity contribution < 1.29 is 0 Å². The summed E-state index contributed by atoms with van der Waals surface area (Å²) < 4.78 is 0. The number of hydrogen-bond acceptors (Lipinski definition) is 2. The van der Waals surface area contributed by atoms with Crippen LogP contribution in [0.5, 0.6) is 0 Å². The van der Waals surface area contributed by atoms with Gasteiger partial charge < -0.3 is 10.7 Å². The van der Waals surface area contributed by atoms with E-state index in [2.05, 4.69) is 4.98 Å². The van der Waals surface area contributed by atoms with Gasteiger partial charge in [-0.05, 0) is 43.0 Å². The second-order valence-electron chi connectivity index (χ2n) is 3.75. The van der Waals surface area contributed by atoms with E-state index < -0.39 is 0 Å². The lowest BCUT2D eigenvalue weighted by Gasteiger charge is -2.02. The molecule has 0 radical (unpaired) electrons. The number of fused-ring (bicyclic) bond motifs is 1. The first-order chi connectivity index (χ1) is 7.20. The maximum atomic E-state index is 11.6. The van der Waals surface area contributed by atoms with Crippen molar-refractivity contribution in [2.45, 2.75) is 13.3 Å². The molecule has 0 saturated carbocycles. The van der Waals surface area contributed by atoms with Crippen LogP contribution in [0.4, 0.5) is 0 Å². The number of hydrogen-bond donors (Lipinski definition) is 2. The summed E-state index contributed by atoms with van der Waals surface area (Å²) in [5.74, 6) is 0. The summed E-state index contributed by atoms with van der Waals surface area (Å²) in [6, 6.07) is 7.94. The highest BCUT2D eigenvalue weighted by atomic mass is 16.1. The van der Waals surface area contributed by atoms with E-state index in [-0.39, 0.29) is 5.56 Å². The average molecular weight is 202 g/mol. The van der Waals surface area contributed by atoms with Crippen LogP contribution in [0.15, 0.2) is 29.1 Å². The van der Waals surface area contributed by atoms with Gasteiger partial charge in [0, 0.05) is 11.1 Å². The molecule has 1 aromatic heterocycles. The van der Waals surface area contributed by atoms with Crippen molar-refractivity contribution in [2.75, 3.05) is 6.54 Å². The van der Waals surface area contributed by atoms with Gasteiger partial charge in [0.15, 0.2) is 0 Å². The van der Waals surface area contributed by atoms with Crippen molar-refractivity contribution in [3.63, 3.8) is 0 Å². The quantitative estimate of drug-likeness (QED) is 0.772. The summed E-state index contributed by atoms with van der Waals surface area (Å²) in [7, 11) is 0. The monoisotopic (exact) mass is 202 g/mol. The minimum absolute atomic E-state index is 0.0291. The van der Waals surface area contributed by atoms with Crippen molar-refractivity contribution in [1.29, 1.82) is 0 Å². The highest BCUT2D eigenvalue weighted by Crippen LogP contribution is 2.12. The molecule has 15 heavy (non-hydrogen) atoms. The second kappa shape index (κ2) is 3.87. The smallest absolute Gasteiger partial charge is 0.251 e. The Hall–Kier alpha value is -1.61. The summed E-state index contributed by atoms with van der Waals surface area (Å²) in [5.41, 5.74) is 8.21. The molecule has 0 saturated heterocycles. The molecule has 0 aliphatic rings. The Morgan fingerprint density at radius 3 is 2.87 bits per heavy atom. The molecule has 0 atom stereocenters. The van der Waals surface area contributed by atoms with Crippen molar-refractivity contribution >= 4 is 10.9 Å². The third kappa shape index (κ3) is 1.92. The Morgan fingerprint density at radius 2 is 2.13 bits per heavy atom. The molecule has 0 fully saturated rings. The topological polar surface area (TPSA) is 58.9 Å². The number of pyridine rings is 1. The minimum Gasteiger partial charge on any atom is -0.330 e. The van der Waals surface area contributed by atoms with Gasteiger partial charge in [-0.1, -0.05) is 12.1 Å². The summed E-state index contributed by atoms with van der Waals surface area (Å²) in [6.45, 7) is 2.51. The Balaban J connectivity index is 2.65. The molecule has 0 spiro atoms. The van der Waals surface area contributed by atoms with Crippen LogP contribution in [-0.2, 0) is 6.42 Å². The number of rotatable bonds is 2. The summed E-state index contributed by atoms with van der Waals surface area (Å²) >= 11 is 0. The molecule has 0 amide bonds. The number of aryl methyl sites for hydroxylation is 1. The van der Waals surface area contributed by atoms with E-state index in [9.17, 15) is 4.79 Å². The van der Waals surface area contributed by atoms with Crippen LogP contribution in [0.3, 0.4) is 0 Å². The lowest BCUT2D eigenvalue weighted by molar-refractivity contribution is 0.949. The molecule has 0 unspecified atom stereocenters. The van der Waals surface area contributed by atoms with E-state index in [1.54, 1.807) is 0 Å². The van der Waals surface area contributed by atoms with Crippen LogP contribution in [0, 0.1) is 6.92 Å². The van der Waals surface area contributed by atoms with E-state index in [0.717, 1.165) is 22.0 Å². The van der Waals surface area contributed by atoms with Gasteiger partial charge >= 0.3 is 0 Å². The van der Waals surface area contributed by atoms with Crippen LogP contribution < -0.4 is 11.3 Å². The number of H-pyrrole nitrogens is 1. The highest BCUT2D eigenvalue weighted by molar-refractivity contribution is 5.79. The van der Waals surface area contributed by atoms with E-state index in [1.165, 1.54) is 0 Å². The van der Waals surface area contributed by atoms with Gasteiger partial charge in [0.2, 0.25) is 0 Å². The Bertz CT molecular complexity index is 543. The minimum atomic E-state index is -0.0291. The summed E-state index contributed by atoms with van der Waals surface area (Å²) in [6.07, 6.45) is 0.624. The zero-order valence-corrected chi connectivity index (χ0v) is 8.71. The molecule has 78 valence electrons. The average Bonchev–Trinajstić information content (AvgIpc) is 2.20. The number of benzene rings is 1. The molecule has 3 N–H and O–H groups in total. The number of aromatic nitrogens is 1. The van der Waals surface area contributed by atoms with E-state index in [0.29, 0.717) is 13.0 Å². The number of nitrogens with two attached hydrogens (primary N) is 1. The first kappa shape index (κ1) is 9.93. The third-order valence-corrected chi connectivity index (χ3v) is 2.49. The van der Waals surface area contributed by atoms with E-state index >= 15 is 0 Å². The molecule has 2 aromatic rings. The predicted molar refractivity (Wildman–Crippen MR) is 62.1 cm³/mol. The molecule has 2 rings (SSSR count). The van der Waals surface area contributed by atoms with Gasteiger partial charge in [-0.15, -0.1) is 0 Å². The first-order valence-corrected chi connectivity index (χ1v) is 5.03. The molecule has 1 heterocycles. The van der Waals surface area contributed by atoms with Gasteiger partial charge in [-0.3, -0.25) is 4.79 Å². The van der Waals surface area contributed by atoms with Gasteiger partial charge in [0.25, 0.3) is 5.56 Å². The van der Waals surface area contributed by atoms with Crippen molar-refractivity contribution in [2.24, 2.45) is 5.73 Å². The van der Waals surface area contributed by atoms with Crippen molar-refractivity contribution in [1.82, 2.24) is 4.98 Å². The number of aromatic amines is 1. The summed E-state index contributed by atoms with van der Waals surface area (Å²) in [5, 5.41) is 1.06. The van der Waals surface area contributed by atoms with E-state index in [4.69, 9.17) is 5.73 Å². The van der Waals surface area contributed by atoms with E-state index in [1.807, 2.05) is 31.2 Å². The van der Waals surface area contributed by atoms with Crippen molar-refractivity contribution in [3.05, 3.63) is 45.7 Å². The standard InChI is InChI=1S/C12H14N2O/c1-8-2-3-9-7-10(4-5-13)12(15)14-11(9)6-8/h2-3,6-7H,4-5,13H2,1H3,(H,14,15). The Kier molecular flexibility index (Phi) is 2.56. The fourth-order valence-corrected chi connectivity index (χ4v) is 1.70. The zero-order chi connectivity index (χ0) is 10.8. The van der Waals surface area contributed by atoms with Crippen LogP contribution in [0.2, 0.25) is 0 Å². The normalized spacial score (nSPS) is 10.8. The lowest BCUT2D eigenvalue weighted by atomic mass is 10.1. The van der Waals surface area contributed by atoms with Crippen molar-refractivity contribution in [3.8, 4) is 0 Å². The fraction of sp³-hybridized carbons (Fsp3) is 0.250. The van der Waals surface area contributed by atoms with Gasteiger partial charge in [0.1, 0.15) is 0 Å². The van der Waals surface area contributed by atoms with Gasteiger partial charge in [-0.25, -0.2) is 0 Å². The lowest BCUT2D eigenvalue weighted by Crippen LogP contribution is -2.16. The highest BCUT2D eigenvalue weighted by Gasteiger charge is 2.01. The fourth-order valence-electron chi connectivity index (χ4n) is 1.70. The molecule has 0 aliphatic heterocycles.